The van der Waals surface area contributed by atoms with E-state index in [9.17, 15) is 9.59 Å². The number of hydrogen-bond acceptors (Lipinski definition) is 3. The van der Waals surface area contributed by atoms with Gasteiger partial charge in [-0.3, -0.25) is 19.8 Å². The van der Waals surface area contributed by atoms with Gasteiger partial charge in [-0.05, 0) is 43.4 Å². The van der Waals surface area contributed by atoms with Crippen LogP contribution in [0.1, 0.15) is 12.5 Å². The number of aryl methyl sites for hydroxylation is 1. The minimum absolute atomic E-state index is 0.00697. The van der Waals surface area contributed by atoms with E-state index in [1.54, 1.807) is 30.3 Å². The lowest BCUT2D eigenvalue weighted by atomic mass is 10.1. The van der Waals surface area contributed by atoms with Gasteiger partial charge >= 0.3 is 0 Å². The molecule has 0 radical (unpaired) electrons. The van der Waals surface area contributed by atoms with Crippen LogP contribution in [0.2, 0.25) is 5.02 Å². The van der Waals surface area contributed by atoms with E-state index in [-0.39, 0.29) is 10.7 Å². The van der Waals surface area contributed by atoms with E-state index in [4.69, 9.17) is 23.8 Å². The number of nitrogens with one attached hydrogen (secondary N) is 1. The van der Waals surface area contributed by atoms with Crippen LogP contribution in [-0.2, 0) is 16.1 Å². The summed E-state index contributed by atoms with van der Waals surface area (Å²) in [6.45, 7) is 2.82. The first-order chi connectivity index (χ1) is 13.5. The van der Waals surface area contributed by atoms with Crippen LogP contribution in [0.3, 0.4) is 0 Å². The SMILES string of the molecule is CCn1cc(C=C2C(=O)NC(=S)N(c3ccccc3Cl)C2=O)c2ccccc21. The van der Waals surface area contributed by atoms with Crippen molar-refractivity contribution in [2.24, 2.45) is 0 Å². The minimum Gasteiger partial charge on any atom is -0.347 e. The number of fused-ring (bicyclic) bond motifs is 1. The summed E-state index contributed by atoms with van der Waals surface area (Å²) < 4.78 is 2.07. The van der Waals surface area contributed by atoms with Crippen LogP contribution in [0.4, 0.5) is 5.69 Å². The Balaban J connectivity index is 1.83. The van der Waals surface area contributed by atoms with Gasteiger partial charge in [0.05, 0.1) is 10.7 Å². The number of rotatable bonds is 3. The Labute approximate surface area is 172 Å². The number of carbonyl (C=O) groups excluding carboxylic acids is 2. The Morgan fingerprint density at radius 2 is 1.82 bits per heavy atom. The highest BCUT2D eigenvalue weighted by Gasteiger charge is 2.35. The predicted octanol–water partition coefficient (Wildman–Crippen LogP) is 4.15. The lowest BCUT2D eigenvalue weighted by Crippen LogP contribution is -2.54. The molecule has 0 atom stereocenters. The molecule has 4 rings (SSSR count). The van der Waals surface area contributed by atoms with Crippen molar-refractivity contribution in [2.45, 2.75) is 13.5 Å². The van der Waals surface area contributed by atoms with E-state index in [1.807, 2.05) is 37.4 Å². The van der Waals surface area contributed by atoms with Crippen LogP contribution >= 0.6 is 23.8 Å². The number of amides is 2. The first-order valence-electron chi connectivity index (χ1n) is 8.75. The molecule has 5 nitrogen and oxygen atoms in total. The van der Waals surface area contributed by atoms with Gasteiger partial charge in [0.25, 0.3) is 11.8 Å². The molecule has 0 saturated carbocycles. The number of benzene rings is 2. The third-order valence-corrected chi connectivity index (χ3v) is 5.26. The predicted molar refractivity (Wildman–Crippen MR) is 115 cm³/mol. The Morgan fingerprint density at radius 1 is 1.11 bits per heavy atom. The van der Waals surface area contributed by atoms with Gasteiger partial charge in [0.2, 0.25) is 0 Å². The molecule has 2 aromatic carbocycles. The normalized spacial score (nSPS) is 16.1. The smallest absolute Gasteiger partial charge is 0.270 e. The largest absolute Gasteiger partial charge is 0.347 e. The van der Waals surface area contributed by atoms with E-state index in [2.05, 4.69) is 9.88 Å². The molecule has 1 aromatic heterocycles. The summed E-state index contributed by atoms with van der Waals surface area (Å²) in [5, 5.41) is 3.94. The number of thiocarbonyl (C=S) groups is 1. The van der Waals surface area contributed by atoms with E-state index < -0.39 is 11.8 Å². The van der Waals surface area contributed by atoms with Crippen LogP contribution in [0.15, 0.2) is 60.3 Å². The zero-order chi connectivity index (χ0) is 19.8. The highest BCUT2D eigenvalue weighted by atomic mass is 35.5. The first kappa shape index (κ1) is 18.4. The molecule has 1 saturated heterocycles. The van der Waals surface area contributed by atoms with E-state index in [0.29, 0.717) is 10.7 Å². The topological polar surface area (TPSA) is 54.3 Å². The maximum Gasteiger partial charge on any atom is 0.270 e. The zero-order valence-corrected chi connectivity index (χ0v) is 16.6. The van der Waals surface area contributed by atoms with Gasteiger partial charge in [-0.15, -0.1) is 0 Å². The second kappa shape index (κ2) is 7.22. The quantitative estimate of drug-likeness (QED) is 0.401. The number of anilines is 1. The summed E-state index contributed by atoms with van der Waals surface area (Å²) in [7, 11) is 0. The second-order valence-electron chi connectivity index (χ2n) is 6.30. The number of carbonyl (C=O) groups is 2. The Hall–Kier alpha value is -2.96. The fraction of sp³-hybridized carbons (Fsp3) is 0.0952. The Morgan fingerprint density at radius 3 is 2.57 bits per heavy atom. The average molecular weight is 410 g/mol. The maximum absolute atomic E-state index is 13.2. The molecule has 2 amide bonds. The highest BCUT2D eigenvalue weighted by molar-refractivity contribution is 7.80. The standard InChI is InChI=1S/C21H16ClN3O2S/c1-2-24-12-13(14-7-3-5-9-17(14)24)11-15-19(26)23-21(28)25(20(15)27)18-10-6-4-8-16(18)22/h3-12H,2H2,1H3,(H,23,26,28). The summed E-state index contributed by atoms with van der Waals surface area (Å²) in [6.07, 6.45) is 3.54. The number of halogens is 1. The molecule has 0 aliphatic carbocycles. The molecule has 1 N–H and O–H groups in total. The molecule has 2 heterocycles. The van der Waals surface area contributed by atoms with Gasteiger partial charge in [0.1, 0.15) is 5.57 Å². The van der Waals surface area contributed by atoms with E-state index >= 15 is 0 Å². The summed E-state index contributed by atoms with van der Waals surface area (Å²) in [5.74, 6) is -1.03. The average Bonchev–Trinajstić information content (AvgIpc) is 3.04. The summed E-state index contributed by atoms with van der Waals surface area (Å²) >= 11 is 11.5. The third kappa shape index (κ3) is 3.00. The fourth-order valence-electron chi connectivity index (χ4n) is 3.32. The monoisotopic (exact) mass is 409 g/mol. The van der Waals surface area contributed by atoms with Crippen LogP contribution in [0.25, 0.3) is 17.0 Å². The molecule has 1 aliphatic rings. The van der Waals surface area contributed by atoms with E-state index in [0.717, 1.165) is 23.0 Å². The highest BCUT2D eigenvalue weighted by Crippen LogP contribution is 2.30. The minimum atomic E-state index is -0.522. The number of nitrogens with zero attached hydrogens (tertiary/aromatic N) is 2. The molecule has 0 spiro atoms. The lowest BCUT2D eigenvalue weighted by Gasteiger charge is -2.29. The molecule has 0 bridgehead atoms. The van der Waals surface area contributed by atoms with Crippen LogP contribution < -0.4 is 10.2 Å². The molecule has 140 valence electrons. The summed E-state index contributed by atoms with van der Waals surface area (Å²) in [5.41, 5.74) is 2.27. The molecule has 7 heteroatoms. The van der Waals surface area contributed by atoms with Crippen molar-refractivity contribution in [3.05, 3.63) is 70.9 Å². The van der Waals surface area contributed by atoms with Crippen LogP contribution in [-0.4, -0.2) is 21.5 Å². The van der Waals surface area contributed by atoms with Gasteiger partial charge in [0.15, 0.2) is 5.11 Å². The van der Waals surface area contributed by atoms with Gasteiger partial charge < -0.3 is 4.57 Å². The van der Waals surface area contributed by atoms with Crippen molar-refractivity contribution in [3.8, 4) is 0 Å². The van der Waals surface area contributed by atoms with Crippen molar-refractivity contribution in [3.63, 3.8) is 0 Å². The Kier molecular flexibility index (Phi) is 4.75. The molecule has 1 aliphatic heterocycles. The molecular weight excluding hydrogens is 394 g/mol. The molecule has 3 aromatic rings. The summed E-state index contributed by atoms with van der Waals surface area (Å²) in [6, 6.07) is 14.7. The first-order valence-corrected chi connectivity index (χ1v) is 9.53. The van der Waals surface area contributed by atoms with E-state index in [1.165, 1.54) is 4.90 Å². The molecular formula is C21H16ClN3O2S. The zero-order valence-electron chi connectivity index (χ0n) is 15.0. The van der Waals surface area contributed by atoms with Gasteiger partial charge in [-0.25, -0.2) is 0 Å². The fourth-order valence-corrected chi connectivity index (χ4v) is 3.81. The van der Waals surface area contributed by atoms with Gasteiger partial charge in [-0.2, -0.15) is 0 Å². The van der Waals surface area contributed by atoms with Crippen LogP contribution in [0, 0.1) is 0 Å². The van der Waals surface area contributed by atoms with Crippen molar-refractivity contribution in [1.29, 1.82) is 0 Å². The van der Waals surface area contributed by atoms with Crippen molar-refractivity contribution in [1.82, 2.24) is 9.88 Å². The van der Waals surface area contributed by atoms with Crippen LogP contribution in [0.5, 0.6) is 0 Å². The lowest BCUT2D eigenvalue weighted by molar-refractivity contribution is -0.122. The van der Waals surface area contributed by atoms with Crippen molar-refractivity contribution < 1.29 is 9.59 Å². The van der Waals surface area contributed by atoms with Crippen molar-refractivity contribution in [2.75, 3.05) is 4.90 Å². The second-order valence-corrected chi connectivity index (χ2v) is 7.09. The van der Waals surface area contributed by atoms with Gasteiger partial charge in [-0.1, -0.05) is 41.9 Å². The molecule has 28 heavy (non-hydrogen) atoms. The molecule has 1 fully saturated rings. The number of para-hydroxylation sites is 2. The molecule has 0 unspecified atom stereocenters. The van der Waals surface area contributed by atoms with Gasteiger partial charge in [0, 0.05) is 29.2 Å². The van der Waals surface area contributed by atoms with Crippen molar-refractivity contribution >= 4 is 63.4 Å². The Bertz CT molecular complexity index is 1170. The number of aromatic nitrogens is 1. The number of hydrogen-bond donors (Lipinski definition) is 1. The maximum atomic E-state index is 13.2. The third-order valence-electron chi connectivity index (χ3n) is 4.65. The summed E-state index contributed by atoms with van der Waals surface area (Å²) in [4.78, 5) is 27.0.